The number of rotatable bonds is 2. The maximum absolute atomic E-state index is 10.2. The van der Waals surface area contributed by atoms with Crippen molar-refractivity contribution in [3.05, 3.63) is 29.8 Å². The summed E-state index contributed by atoms with van der Waals surface area (Å²) < 4.78 is 0. The summed E-state index contributed by atoms with van der Waals surface area (Å²) in [6.07, 6.45) is 4.91. The van der Waals surface area contributed by atoms with Gasteiger partial charge in [-0.2, -0.15) is 0 Å². The van der Waals surface area contributed by atoms with Crippen LogP contribution in [0.5, 0.6) is 0 Å². The molecule has 1 aromatic carbocycles. The maximum Gasteiger partial charge on any atom is 0.211 e. The zero-order valence-corrected chi connectivity index (χ0v) is 22.3. The molecule has 5 heteroatoms. The van der Waals surface area contributed by atoms with Crippen molar-refractivity contribution in [1.29, 1.82) is 0 Å². The summed E-state index contributed by atoms with van der Waals surface area (Å²) in [5.41, 5.74) is 2.70. The van der Waals surface area contributed by atoms with Crippen molar-refractivity contribution in [2.24, 2.45) is 5.41 Å². The first-order chi connectivity index (χ1) is 11.0. The van der Waals surface area contributed by atoms with E-state index in [0.29, 0.717) is 11.8 Å². The van der Waals surface area contributed by atoms with Crippen LogP contribution < -0.4 is 10.6 Å². The summed E-state index contributed by atoms with van der Waals surface area (Å²) in [6.45, 7) is 17.7. The SMILES string of the molecule is C1CCNCC1.CC(C)(C)C.CC(C)(C)c1cccc(NC=O)c1.I.I.[HH].[HH]. The molecule has 0 unspecified atom stereocenters. The molecule has 1 aliphatic rings. The van der Waals surface area contributed by atoms with Gasteiger partial charge in [0.2, 0.25) is 6.41 Å². The fraction of sp³-hybridized carbons (Fsp3) is 0.667. The number of carbonyl (C=O) groups excluding carboxylic acids is 1. The van der Waals surface area contributed by atoms with Gasteiger partial charge >= 0.3 is 0 Å². The molecule has 1 heterocycles. The summed E-state index contributed by atoms with van der Waals surface area (Å²) in [6, 6.07) is 7.89. The second-order valence-electron chi connectivity index (χ2n) is 8.90. The number of carbonyl (C=O) groups is 1. The van der Waals surface area contributed by atoms with E-state index >= 15 is 0 Å². The molecule has 26 heavy (non-hydrogen) atoms. The van der Waals surface area contributed by atoms with E-state index in [1.807, 2.05) is 18.2 Å². The van der Waals surface area contributed by atoms with Crippen LogP contribution in [-0.4, -0.2) is 19.5 Å². The van der Waals surface area contributed by atoms with Crippen molar-refractivity contribution in [3.8, 4) is 0 Å². The molecule has 1 saturated heterocycles. The second kappa shape index (κ2) is 16.1. The molecule has 3 nitrogen and oxygen atoms in total. The van der Waals surface area contributed by atoms with E-state index in [9.17, 15) is 4.79 Å². The molecule has 1 aromatic rings. The maximum atomic E-state index is 10.2. The Bertz CT molecular complexity index is 455. The third-order valence-electron chi connectivity index (χ3n) is 3.16. The van der Waals surface area contributed by atoms with Crippen molar-refractivity contribution >= 4 is 60.1 Å². The number of benzene rings is 1. The molecule has 158 valence electrons. The molecule has 0 spiro atoms. The number of anilines is 1. The van der Waals surface area contributed by atoms with Gasteiger partial charge in [-0.3, -0.25) is 4.79 Å². The summed E-state index contributed by atoms with van der Waals surface area (Å²) in [4.78, 5) is 10.2. The Balaban J connectivity index is -0.000000101. The molecule has 2 N–H and O–H groups in total. The van der Waals surface area contributed by atoms with Gasteiger partial charge in [0.05, 0.1) is 0 Å². The molecule has 1 amide bonds. The summed E-state index contributed by atoms with van der Waals surface area (Å²) in [5.74, 6) is 0. The summed E-state index contributed by atoms with van der Waals surface area (Å²) in [5, 5.41) is 5.92. The van der Waals surface area contributed by atoms with Crippen molar-refractivity contribution in [2.45, 2.75) is 73.1 Å². The van der Waals surface area contributed by atoms with Gasteiger partial charge in [0, 0.05) is 8.54 Å². The number of halogens is 2. The quantitative estimate of drug-likeness (QED) is 0.284. The van der Waals surface area contributed by atoms with E-state index in [2.05, 4.69) is 65.2 Å². The van der Waals surface area contributed by atoms with E-state index < -0.39 is 0 Å². The lowest BCUT2D eigenvalue weighted by Crippen LogP contribution is -2.21. The van der Waals surface area contributed by atoms with Crippen molar-refractivity contribution in [3.63, 3.8) is 0 Å². The largest absolute Gasteiger partial charge is 0.329 e. The number of hydrogen-bond donors (Lipinski definition) is 2. The minimum Gasteiger partial charge on any atom is -0.329 e. The highest BCUT2D eigenvalue weighted by atomic mass is 127. The second-order valence-corrected chi connectivity index (χ2v) is 8.90. The topological polar surface area (TPSA) is 41.1 Å². The van der Waals surface area contributed by atoms with E-state index in [4.69, 9.17) is 0 Å². The van der Waals surface area contributed by atoms with Gasteiger partial charge in [-0.25, -0.2) is 0 Å². The molecule has 0 atom stereocenters. The molecule has 0 aromatic heterocycles. The fourth-order valence-electron chi connectivity index (χ4n) is 1.95. The van der Waals surface area contributed by atoms with Gasteiger partial charge in [0.25, 0.3) is 0 Å². The fourth-order valence-corrected chi connectivity index (χ4v) is 1.95. The van der Waals surface area contributed by atoms with Crippen LogP contribution in [0.3, 0.4) is 0 Å². The Morgan fingerprint density at radius 2 is 1.46 bits per heavy atom. The Labute approximate surface area is 198 Å². The lowest BCUT2D eigenvalue weighted by molar-refractivity contribution is -0.105. The molecular formula is C21H44I2N2O. The highest BCUT2D eigenvalue weighted by Gasteiger charge is 2.13. The normalized spacial score (nSPS) is 13.3. The lowest BCUT2D eigenvalue weighted by Gasteiger charge is -2.19. The van der Waals surface area contributed by atoms with Gasteiger partial charge in [0.15, 0.2) is 0 Å². The predicted molar refractivity (Wildman–Crippen MR) is 142 cm³/mol. The molecule has 0 radical (unpaired) electrons. The van der Waals surface area contributed by atoms with Crippen LogP contribution in [0, 0.1) is 5.41 Å². The van der Waals surface area contributed by atoms with Crippen LogP contribution in [0.1, 0.15) is 76.1 Å². The number of amides is 1. The predicted octanol–water partition coefficient (Wildman–Crippen LogP) is 7.09. The summed E-state index contributed by atoms with van der Waals surface area (Å²) in [7, 11) is 0. The van der Waals surface area contributed by atoms with Crippen molar-refractivity contribution < 1.29 is 7.65 Å². The van der Waals surface area contributed by atoms with Crippen LogP contribution in [-0.2, 0) is 10.2 Å². The standard InChI is InChI=1S/C11H15NO.C5H11N.C5H12.2HI.2H2/c1-11(2,3)9-5-4-6-10(7-9)12-8-13;1-2-4-6-5-3-1;1-5(2,3)4;;;;/h4-8H,1-3H3,(H,12,13);6H,1-5H2;1-4H3;4*1H. The number of hydrogen-bond acceptors (Lipinski definition) is 2. The minimum absolute atomic E-state index is 0. The molecular weight excluding hydrogens is 550 g/mol. The molecule has 1 fully saturated rings. The van der Waals surface area contributed by atoms with Gasteiger partial charge < -0.3 is 10.6 Å². The highest BCUT2D eigenvalue weighted by Crippen LogP contribution is 2.24. The summed E-state index contributed by atoms with van der Waals surface area (Å²) >= 11 is 0. The molecule has 0 aliphatic carbocycles. The van der Waals surface area contributed by atoms with Crippen LogP contribution in [0.15, 0.2) is 24.3 Å². The monoisotopic (exact) mass is 594 g/mol. The van der Waals surface area contributed by atoms with Gasteiger partial charge in [-0.05, 0) is 54.5 Å². The van der Waals surface area contributed by atoms with Crippen LogP contribution in [0.4, 0.5) is 5.69 Å². The Morgan fingerprint density at radius 1 is 0.962 bits per heavy atom. The van der Waals surface area contributed by atoms with Gasteiger partial charge in [-0.15, -0.1) is 48.0 Å². The Kier molecular flexibility index (Phi) is 19.1. The van der Waals surface area contributed by atoms with Gasteiger partial charge in [0.1, 0.15) is 0 Å². The first-order valence-corrected chi connectivity index (χ1v) is 9.05. The van der Waals surface area contributed by atoms with E-state index in [0.717, 1.165) is 5.69 Å². The average Bonchev–Trinajstić information content (AvgIpc) is 2.48. The molecule has 0 saturated carbocycles. The third-order valence-corrected chi connectivity index (χ3v) is 3.16. The lowest BCUT2D eigenvalue weighted by atomic mass is 9.87. The zero-order valence-electron chi connectivity index (χ0n) is 17.6. The average molecular weight is 594 g/mol. The Hall–Kier alpha value is 0.110. The first kappa shape index (κ1) is 30.8. The van der Waals surface area contributed by atoms with Crippen LogP contribution in [0.25, 0.3) is 0 Å². The Morgan fingerprint density at radius 3 is 1.77 bits per heavy atom. The van der Waals surface area contributed by atoms with E-state index in [1.54, 1.807) is 0 Å². The van der Waals surface area contributed by atoms with Gasteiger partial charge in [-0.1, -0.05) is 67.0 Å². The van der Waals surface area contributed by atoms with Crippen molar-refractivity contribution in [2.75, 3.05) is 18.4 Å². The minimum atomic E-state index is 0. The molecule has 0 bridgehead atoms. The van der Waals surface area contributed by atoms with E-state index in [1.165, 1.54) is 37.9 Å². The number of nitrogens with one attached hydrogen (secondary N) is 2. The van der Waals surface area contributed by atoms with Crippen LogP contribution >= 0.6 is 48.0 Å². The first-order valence-electron chi connectivity index (χ1n) is 9.05. The number of piperidine rings is 1. The smallest absolute Gasteiger partial charge is 0.211 e. The zero-order chi connectivity index (χ0) is 18.6. The third kappa shape index (κ3) is 20.4. The molecule has 2 rings (SSSR count). The molecule has 1 aliphatic heterocycles. The van der Waals surface area contributed by atoms with E-state index in [-0.39, 0.29) is 56.2 Å². The van der Waals surface area contributed by atoms with Crippen LogP contribution in [0.2, 0.25) is 0 Å². The highest BCUT2D eigenvalue weighted by molar-refractivity contribution is 14.0. The van der Waals surface area contributed by atoms with Crippen molar-refractivity contribution in [1.82, 2.24) is 5.32 Å².